The van der Waals surface area contributed by atoms with Crippen LogP contribution in [0.1, 0.15) is 27.7 Å². The molecule has 9 heteroatoms. The molecule has 32 heavy (non-hydrogen) atoms. The van der Waals surface area contributed by atoms with E-state index in [0.29, 0.717) is 23.7 Å². The van der Waals surface area contributed by atoms with Gasteiger partial charge in [0, 0.05) is 11.4 Å². The maximum absolute atomic E-state index is 12.2. The lowest BCUT2D eigenvalue weighted by Gasteiger charge is -2.19. The lowest BCUT2D eigenvalue weighted by Crippen LogP contribution is -2.37. The zero-order chi connectivity index (χ0) is 23.6. The van der Waals surface area contributed by atoms with Gasteiger partial charge in [-0.1, -0.05) is 6.07 Å². The molecule has 2 rings (SSSR count). The maximum atomic E-state index is 12.2. The van der Waals surface area contributed by atoms with E-state index in [-0.39, 0.29) is 19.1 Å². The highest BCUT2D eigenvalue weighted by molar-refractivity contribution is 5.96. The Labute approximate surface area is 187 Å². The van der Waals surface area contributed by atoms with Gasteiger partial charge in [0.05, 0.1) is 6.61 Å². The van der Waals surface area contributed by atoms with Crippen molar-refractivity contribution in [3.8, 4) is 11.5 Å². The Kier molecular flexibility index (Phi) is 8.88. The number of carbonyl (C=O) groups excluding carboxylic acids is 3. The van der Waals surface area contributed by atoms with Crippen LogP contribution in [-0.4, -0.2) is 43.3 Å². The van der Waals surface area contributed by atoms with Crippen molar-refractivity contribution in [1.82, 2.24) is 5.32 Å². The first-order valence-corrected chi connectivity index (χ1v) is 10.2. The summed E-state index contributed by atoms with van der Waals surface area (Å²) in [7, 11) is 0. The molecule has 9 nitrogen and oxygen atoms in total. The second-order valence-electron chi connectivity index (χ2n) is 7.73. The van der Waals surface area contributed by atoms with Gasteiger partial charge in [-0.3, -0.25) is 9.59 Å². The van der Waals surface area contributed by atoms with Gasteiger partial charge in [0.25, 0.3) is 5.91 Å². The molecule has 0 radical (unpaired) electrons. The van der Waals surface area contributed by atoms with Crippen LogP contribution in [-0.2, 0) is 14.3 Å². The molecule has 0 bridgehead atoms. The van der Waals surface area contributed by atoms with Crippen molar-refractivity contribution in [2.24, 2.45) is 0 Å². The van der Waals surface area contributed by atoms with Crippen molar-refractivity contribution >= 4 is 29.3 Å². The van der Waals surface area contributed by atoms with Gasteiger partial charge in [-0.2, -0.15) is 0 Å². The molecular formula is C23H29N3O6. The molecule has 0 aliphatic carbocycles. The topological polar surface area (TPSA) is 115 Å². The molecule has 2 aromatic carbocycles. The Morgan fingerprint density at radius 2 is 1.41 bits per heavy atom. The SMILES string of the molecule is CCOc1ccc(OCC(=O)Nc2cccc(NC(=O)CNC(=O)OC(C)(C)C)c2)cc1. The summed E-state index contributed by atoms with van der Waals surface area (Å²) in [5.41, 5.74) is 0.304. The van der Waals surface area contributed by atoms with E-state index in [1.54, 1.807) is 69.3 Å². The minimum Gasteiger partial charge on any atom is -0.494 e. The van der Waals surface area contributed by atoms with E-state index in [9.17, 15) is 14.4 Å². The summed E-state index contributed by atoms with van der Waals surface area (Å²) in [5, 5.41) is 7.73. The monoisotopic (exact) mass is 443 g/mol. The average molecular weight is 444 g/mol. The second-order valence-corrected chi connectivity index (χ2v) is 7.73. The van der Waals surface area contributed by atoms with Gasteiger partial charge < -0.3 is 30.2 Å². The van der Waals surface area contributed by atoms with Gasteiger partial charge in [-0.05, 0) is 70.2 Å². The Hall–Kier alpha value is -3.75. The third kappa shape index (κ3) is 9.38. The van der Waals surface area contributed by atoms with Crippen molar-refractivity contribution in [3.05, 3.63) is 48.5 Å². The highest BCUT2D eigenvalue weighted by Crippen LogP contribution is 2.18. The zero-order valence-corrected chi connectivity index (χ0v) is 18.7. The molecule has 2 aromatic rings. The number of ether oxygens (including phenoxy) is 3. The number of nitrogens with one attached hydrogen (secondary N) is 3. The molecule has 0 unspecified atom stereocenters. The quantitative estimate of drug-likeness (QED) is 0.546. The standard InChI is InChI=1S/C23H29N3O6/c1-5-30-18-9-11-19(12-10-18)31-15-21(28)26-17-8-6-7-16(13-17)25-20(27)14-24-22(29)32-23(2,3)4/h6-13H,5,14-15H2,1-4H3,(H,24,29)(H,25,27)(H,26,28). The van der Waals surface area contributed by atoms with Crippen LogP contribution in [0.15, 0.2) is 48.5 Å². The molecule has 0 spiro atoms. The number of hydrogen-bond donors (Lipinski definition) is 3. The van der Waals surface area contributed by atoms with Gasteiger partial charge >= 0.3 is 6.09 Å². The Morgan fingerprint density at radius 3 is 1.97 bits per heavy atom. The van der Waals surface area contributed by atoms with Crippen molar-refractivity contribution in [2.75, 3.05) is 30.4 Å². The summed E-state index contributed by atoms with van der Waals surface area (Å²) in [6.45, 7) is 7.24. The van der Waals surface area contributed by atoms with Crippen LogP contribution in [0.2, 0.25) is 0 Å². The summed E-state index contributed by atoms with van der Waals surface area (Å²) < 4.78 is 15.9. The predicted octanol–water partition coefficient (Wildman–Crippen LogP) is 3.57. The molecule has 0 saturated heterocycles. The van der Waals surface area contributed by atoms with E-state index in [0.717, 1.165) is 5.75 Å². The number of alkyl carbamates (subject to hydrolysis) is 1. The van der Waals surface area contributed by atoms with Crippen LogP contribution in [0.25, 0.3) is 0 Å². The molecule has 0 aliphatic heterocycles. The summed E-state index contributed by atoms with van der Waals surface area (Å²) in [5.74, 6) is 0.485. The van der Waals surface area contributed by atoms with Gasteiger partial charge in [-0.15, -0.1) is 0 Å². The minimum atomic E-state index is -0.679. The largest absolute Gasteiger partial charge is 0.494 e. The lowest BCUT2D eigenvalue weighted by molar-refractivity contribution is -0.118. The van der Waals surface area contributed by atoms with E-state index < -0.39 is 17.6 Å². The molecule has 0 aromatic heterocycles. The number of hydrogen-bond acceptors (Lipinski definition) is 6. The van der Waals surface area contributed by atoms with Gasteiger partial charge in [0.15, 0.2) is 6.61 Å². The van der Waals surface area contributed by atoms with Crippen LogP contribution >= 0.6 is 0 Å². The molecule has 0 saturated carbocycles. The number of benzene rings is 2. The second kappa shape index (κ2) is 11.6. The number of amides is 3. The molecule has 0 fully saturated rings. The van der Waals surface area contributed by atoms with E-state index in [2.05, 4.69) is 16.0 Å². The van der Waals surface area contributed by atoms with Crippen molar-refractivity contribution in [2.45, 2.75) is 33.3 Å². The lowest BCUT2D eigenvalue weighted by atomic mass is 10.2. The van der Waals surface area contributed by atoms with E-state index in [1.807, 2.05) is 6.92 Å². The number of carbonyl (C=O) groups is 3. The zero-order valence-electron chi connectivity index (χ0n) is 18.7. The summed E-state index contributed by atoms with van der Waals surface area (Å²) in [4.78, 5) is 35.8. The third-order valence-corrected chi connectivity index (χ3v) is 3.73. The molecule has 3 N–H and O–H groups in total. The molecule has 0 atom stereocenters. The third-order valence-electron chi connectivity index (χ3n) is 3.73. The van der Waals surface area contributed by atoms with E-state index in [4.69, 9.17) is 14.2 Å². The van der Waals surface area contributed by atoms with E-state index in [1.165, 1.54) is 0 Å². The van der Waals surface area contributed by atoms with Crippen molar-refractivity contribution < 1.29 is 28.6 Å². The van der Waals surface area contributed by atoms with Crippen LogP contribution in [0.5, 0.6) is 11.5 Å². The highest BCUT2D eigenvalue weighted by Gasteiger charge is 2.16. The van der Waals surface area contributed by atoms with Crippen molar-refractivity contribution in [3.63, 3.8) is 0 Å². The summed E-state index contributed by atoms with van der Waals surface area (Å²) >= 11 is 0. The van der Waals surface area contributed by atoms with Gasteiger partial charge in [0.2, 0.25) is 5.91 Å². The highest BCUT2D eigenvalue weighted by atomic mass is 16.6. The normalized spacial score (nSPS) is 10.6. The fraction of sp³-hybridized carbons (Fsp3) is 0.348. The van der Waals surface area contributed by atoms with Crippen LogP contribution in [0.4, 0.5) is 16.2 Å². The smallest absolute Gasteiger partial charge is 0.408 e. The van der Waals surface area contributed by atoms with Crippen LogP contribution < -0.4 is 25.4 Å². The molecular weight excluding hydrogens is 414 g/mol. The Balaban J connectivity index is 1.79. The van der Waals surface area contributed by atoms with Crippen LogP contribution in [0, 0.1) is 0 Å². The Morgan fingerprint density at radius 1 is 0.844 bits per heavy atom. The number of anilines is 2. The van der Waals surface area contributed by atoms with Gasteiger partial charge in [-0.25, -0.2) is 4.79 Å². The predicted molar refractivity (Wildman–Crippen MR) is 121 cm³/mol. The minimum absolute atomic E-state index is 0.176. The maximum Gasteiger partial charge on any atom is 0.408 e. The Bertz CT molecular complexity index is 922. The first-order valence-electron chi connectivity index (χ1n) is 10.2. The first-order chi connectivity index (χ1) is 15.1. The molecule has 0 aliphatic rings. The fourth-order valence-electron chi connectivity index (χ4n) is 2.49. The first kappa shape index (κ1) is 24.5. The summed E-state index contributed by atoms with van der Waals surface area (Å²) in [6, 6.07) is 13.6. The average Bonchev–Trinajstić information content (AvgIpc) is 2.71. The van der Waals surface area contributed by atoms with E-state index >= 15 is 0 Å². The van der Waals surface area contributed by atoms with Gasteiger partial charge in [0.1, 0.15) is 23.6 Å². The van der Waals surface area contributed by atoms with Crippen LogP contribution in [0.3, 0.4) is 0 Å². The summed E-state index contributed by atoms with van der Waals surface area (Å²) in [6.07, 6.45) is -0.679. The molecule has 172 valence electrons. The molecule has 3 amide bonds. The molecule has 0 heterocycles. The number of rotatable bonds is 9. The van der Waals surface area contributed by atoms with Crippen molar-refractivity contribution in [1.29, 1.82) is 0 Å². The fourth-order valence-corrected chi connectivity index (χ4v) is 2.49.